The molecule has 0 amide bonds. The van der Waals surface area contributed by atoms with Crippen molar-refractivity contribution >= 4 is 0 Å². The molecule has 2 rings (SSSR count). The van der Waals surface area contributed by atoms with Gasteiger partial charge in [0.2, 0.25) is 0 Å². The molecule has 1 aliphatic heterocycles. The third-order valence-corrected chi connectivity index (χ3v) is 2.39. The third-order valence-electron chi connectivity index (χ3n) is 2.39. The Kier molecular flexibility index (Phi) is 2.11. The molecule has 12 heavy (non-hydrogen) atoms. The molecular weight excluding hydrogens is 150 g/mol. The molecular formula is C10H13NO. The van der Waals surface area contributed by atoms with E-state index in [0.29, 0.717) is 6.04 Å². The predicted molar refractivity (Wildman–Crippen MR) is 47.7 cm³/mol. The van der Waals surface area contributed by atoms with E-state index < -0.39 is 0 Å². The van der Waals surface area contributed by atoms with Crippen molar-refractivity contribution in [3.8, 4) is 0 Å². The van der Waals surface area contributed by atoms with Crippen LogP contribution in [0.2, 0.25) is 0 Å². The van der Waals surface area contributed by atoms with Crippen LogP contribution in [-0.2, 0) is 6.61 Å². The summed E-state index contributed by atoms with van der Waals surface area (Å²) in [6.45, 7) is 1.27. The zero-order valence-electron chi connectivity index (χ0n) is 6.96. The SMILES string of the molecule is OCc1ccc(C2CCN2)cc1. The lowest BCUT2D eigenvalue weighted by Crippen LogP contribution is -2.34. The third kappa shape index (κ3) is 1.36. The Morgan fingerprint density at radius 3 is 2.42 bits per heavy atom. The molecule has 1 aliphatic rings. The van der Waals surface area contributed by atoms with E-state index in [9.17, 15) is 0 Å². The van der Waals surface area contributed by atoms with Crippen molar-refractivity contribution in [3.05, 3.63) is 35.4 Å². The quantitative estimate of drug-likeness (QED) is 0.687. The number of hydrogen-bond donors (Lipinski definition) is 2. The first-order chi connectivity index (χ1) is 5.90. The van der Waals surface area contributed by atoms with Crippen molar-refractivity contribution in [1.82, 2.24) is 5.32 Å². The standard InChI is InChI=1S/C10H13NO/c12-7-8-1-3-9(4-2-8)10-5-6-11-10/h1-4,10-12H,5-7H2. The maximum absolute atomic E-state index is 8.82. The molecule has 2 heteroatoms. The minimum atomic E-state index is 0.137. The van der Waals surface area contributed by atoms with Crippen molar-refractivity contribution in [2.24, 2.45) is 0 Å². The number of aliphatic hydroxyl groups is 1. The van der Waals surface area contributed by atoms with Gasteiger partial charge in [-0.1, -0.05) is 24.3 Å². The van der Waals surface area contributed by atoms with Crippen LogP contribution < -0.4 is 5.32 Å². The van der Waals surface area contributed by atoms with Gasteiger partial charge in [0, 0.05) is 6.04 Å². The smallest absolute Gasteiger partial charge is 0.0681 e. The molecule has 1 heterocycles. The zero-order chi connectivity index (χ0) is 8.39. The Morgan fingerprint density at radius 1 is 1.33 bits per heavy atom. The topological polar surface area (TPSA) is 32.3 Å². The molecule has 2 N–H and O–H groups in total. The lowest BCUT2D eigenvalue weighted by atomic mass is 9.97. The first-order valence-electron chi connectivity index (χ1n) is 4.33. The highest BCUT2D eigenvalue weighted by atomic mass is 16.3. The van der Waals surface area contributed by atoms with Gasteiger partial charge in [0.1, 0.15) is 0 Å². The molecule has 0 saturated carbocycles. The normalized spacial score (nSPS) is 21.9. The minimum absolute atomic E-state index is 0.137. The van der Waals surface area contributed by atoms with Gasteiger partial charge in [0.15, 0.2) is 0 Å². The average Bonchev–Trinajstić information content (AvgIpc) is 2.03. The highest BCUT2D eigenvalue weighted by Gasteiger charge is 2.17. The molecule has 1 atom stereocenters. The Labute approximate surface area is 72.2 Å². The zero-order valence-corrected chi connectivity index (χ0v) is 6.96. The van der Waals surface area contributed by atoms with Crippen molar-refractivity contribution < 1.29 is 5.11 Å². The monoisotopic (exact) mass is 163 g/mol. The number of hydrogen-bond acceptors (Lipinski definition) is 2. The molecule has 0 aliphatic carbocycles. The molecule has 0 radical (unpaired) electrons. The molecule has 1 saturated heterocycles. The van der Waals surface area contributed by atoms with Gasteiger partial charge in [-0.25, -0.2) is 0 Å². The number of nitrogens with one attached hydrogen (secondary N) is 1. The summed E-state index contributed by atoms with van der Waals surface area (Å²) >= 11 is 0. The van der Waals surface area contributed by atoms with Crippen molar-refractivity contribution in [1.29, 1.82) is 0 Å². The van der Waals surface area contributed by atoms with Crippen molar-refractivity contribution in [2.75, 3.05) is 6.54 Å². The number of benzene rings is 1. The fraction of sp³-hybridized carbons (Fsp3) is 0.400. The summed E-state index contributed by atoms with van der Waals surface area (Å²) < 4.78 is 0. The van der Waals surface area contributed by atoms with Gasteiger partial charge in [-0.3, -0.25) is 0 Å². The van der Waals surface area contributed by atoms with Gasteiger partial charge < -0.3 is 10.4 Å². The van der Waals surface area contributed by atoms with Gasteiger partial charge in [-0.15, -0.1) is 0 Å². The molecule has 1 aromatic carbocycles. The summed E-state index contributed by atoms with van der Waals surface area (Å²) in [7, 11) is 0. The van der Waals surface area contributed by atoms with E-state index in [1.807, 2.05) is 12.1 Å². The molecule has 0 bridgehead atoms. The summed E-state index contributed by atoms with van der Waals surface area (Å²) in [5.74, 6) is 0. The maximum Gasteiger partial charge on any atom is 0.0681 e. The molecule has 0 aromatic heterocycles. The second-order valence-corrected chi connectivity index (χ2v) is 3.20. The van der Waals surface area contributed by atoms with E-state index in [4.69, 9.17) is 5.11 Å². The van der Waals surface area contributed by atoms with Crippen LogP contribution in [0.3, 0.4) is 0 Å². The largest absolute Gasteiger partial charge is 0.392 e. The van der Waals surface area contributed by atoms with E-state index in [-0.39, 0.29) is 6.61 Å². The fourth-order valence-corrected chi connectivity index (χ4v) is 1.43. The van der Waals surface area contributed by atoms with Gasteiger partial charge in [0.25, 0.3) is 0 Å². The van der Waals surface area contributed by atoms with Crippen LogP contribution in [0.4, 0.5) is 0 Å². The lowest BCUT2D eigenvalue weighted by molar-refractivity contribution is 0.281. The Hall–Kier alpha value is -0.860. The molecule has 64 valence electrons. The van der Waals surface area contributed by atoms with Crippen molar-refractivity contribution in [3.63, 3.8) is 0 Å². The Balaban J connectivity index is 2.13. The fourth-order valence-electron chi connectivity index (χ4n) is 1.43. The Morgan fingerprint density at radius 2 is 2.00 bits per heavy atom. The van der Waals surface area contributed by atoms with E-state index in [0.717, 1.165) is 12.1 Å². The van der Waals surface area contributed by atoms with Crippen LogP contribution in [0.25, 0.3) is 0 Å². The second kappa shape index (κ2) is 3.25. The van der Waals surface area contributed by atoms with Crippen LogP contribution in [0.5, 0.6) is 0 Å². The molecule has 0 spiro atoms. The van der Waals surface area contributed by atoms with Crippen LogP contribution in [0.15, 0.2) is 24.3 Å². The maximum atomic E-state index is 8.82. The molecule has 2 nitrogen and oxygen atoms in total. The summed E-state index contributed by atoms with van der Waals surface area (Å²) in [5.41, 5.74) is 2.32. The summed E-state index contributed by atoms with van der Waals surface area (Å²) in [4.78, 5) is 0. The first-order valence-corrected chi connectivity index (χ1v) is 4.33. The van der Waals surface area contributed by atoms with E-state index in [1.165, 1.54) is 12.0 Å². The highest BCUT2D eigenvalue weighted by molar-refractivity contribution is 5.25. The Bertz CT molecular complexity index is 251. The molecule has 1 fully saturated rings. The van der Waals surface area contributed by atoms with Gasteiger partial charge in [-0.05, 0) is 24.1 Å². The van der Waals surface area contributed by atoms with E-state index in [1.54, 1.807) is 0 Å². The van der Waals surface area contributed by atoms with Gasteiger partial charge in [-0.2, -0.15) is 0 Å². The van der Waals surface area contributed by atoms with Gasteiger partial charge in [0.05, 0.1) is 6.61 Å². The van der Waals surface area contributed by atoms with Crippen LogP contribution in [-0.4, -0.2) is 11.7 Å². The van der Waals surface area contributed by atoms with Gasteiger partial charge >= 0.3 is 0 Å². The van der Waals surface area contributed by atoms with E-state index in [2.05, 4.69) is 17.4 Å². The molecule has 1 aromatic rings. The summed E-state index contributed by atoms with van der Waals surface area (Å²) in [6.07, 6.45) is 1.23. The van der Waals surface area contributed by atoms with Crippen LogP contribution in [0, 0.1) is 0 Å². The summed E-state index contributed by atoms with van der Waals surface area (Å²) in [6, 6.07) is 8.69. The summed E-state index contributed by atoms with van der Waals surface area (Å²) in [5, 5.41) is 12.2. The van der Waals surface area contributed by atoms with Crippen LogP contribution in [0.1, 0.15) is 23.6 Å². The highest BCUT2D eigenvalue weighted by Crippen LogP contribution is 2.22. The lowest BCUT2D eigenvalue weighted by Gasteiger charge is -2.28. The average molecular weight is 163 g/mol. The second-order valence-electron chi connectivity index (χ2n) is 3.20. The number of aliphatic hydroxyl groups excluding tert-OH is 1. The minimum Gasteiger partial charge on any atom is -0.392 e. The first kappa shape index (κ1) is 7.77. The molecule has 1 unspecified atom stereocenters. The predicted octanol–water partition coefficient (Wildman–Crippen LogP) is 1.21. The van der Waals surface area contributed by atoms with E-state index >= 15 is 0 Å². The number of rotatable bonds is 2. The van der Waals surface area contributed by atoms with Crippen molar-refractivity contribution in [2.45, 2.75) is 19.1 Å². The van der Waals surface area contributed by atoms with Crippen LogP contribution >= 0.6 is 0 Å².